The van der Waals surface area contributed by atoms with E-state index < -0.39 is 0 Å². The smallest absolute Gasteiger partial charge is 0.254 e. The number of nitrogens with one attached hydrogen (secondary N) is 2. The molecule has 2 aromatic heterocycles. The first kappa shape index (κ1) is 16.4. The number of H-pyrrole nitrogens is 2. The van der Waals surface area contributed by atoms with Crippen LogP contribution in [0.5, 0.6) is 0 Å². The van der Waals surface area contributed by atoms with Crippen molar-refractivity contribution < 1.29 is 0 Å². The zero-order valence-corrected chi connectivity index (χ0v) is 15.1. The van der Waals surface area contributed by atoms with E-state index in [1.165, 1.54) is 12.8 Å². The van der Waals surface area contributed by atoms with Crippen molar-refractivity contribution >= 4 is 10.9 Å². The third-order valence-corrected chi connectivity index (χ3v) is 5.60. The van der Waals surface area contributed by atoms with Gasteiger partial charge in [-0.05, 0) is 42.7 Å². The second-order valence-corrected chi connectivity index (χ2v) is 7.76. The highest BCUT2D eigenvalue weighted by Crippen LogP contribution is 2.31. The fourth-order valence-corrected chi connectivity index (χ4v) is 3.92. The molecule has 6 heteroatoms. The quantitative estimate of drug-likeness (QED) is 0.745. The Morgan fingerprint density at radius 1 is 1.11 bits per heavy atom. The van der Waals surface area contributed by atoms with Crippen LogP contribution in [0.25, 0.3) is 10.9 Å². The summed E-state index contributed by atoms with van der Waals surface area (Å²) in [6.45, 7) is 1.93. The molecule has 1 aliphatic carbocycles. The maximum atomic E-state index is 12.4. The average molecular weight is 362 g/mol. The Hall–Kier alpha value is -2.73. The molecule has 1 fully saturated rings. The van der Waals surface area contributed by atoms with Gasteiger partial charge >= 0.3 is 0 Å². The highest BCUT2D eigenvalue weighted by Gasteiger charge is 2.25. The third-order valence-electron chi connectivity index (χ3n) is 5.60. The van der Waals surface area contributed by atoms with Crippen LogP contribution in [0, 0.1) is 5.92 Å². The first-order chi connectivity index (χ1) is 13.2. The molecule has 138 valence electrons. The molecular formula is C21H22N4O2. The molecule has 0 spiro atoms. The Balaban J connectivity index is 1.40. The summed E-state index contributed by atoms with van der Waals surface area (Å²) < 4.78 is 0. The number of aromatic nitrogens is 3. The number of rotatable bonds is 4. The van der Waals surface area contributed by atoms with Crippen LogP contribution in [0.15, 0.2) is 39.9 Å². The Morgan fingerprint density at radius 3 is 2.81 bits per heavy atom. The first-order valence-corrected chi connectivity index (χ1v) is 9.60. The van der Waals surface area contributed by atoms with E-state index in [0.717, 1.165) is 46.5 Å². The Morgan fingerprint density at radius 2 is 1.96 bits per heavy atom. The second-order valence-electron chi connectivity index (χ2n) is 7.76. The normalized spacial score (nSPS) is 17.2. The molecule has 1 saturated carbocycles. The zero-order chi connectivity index (χ0) is 18.4. The summed E-state index contributed by atoms with van der Waals surface area (Å²) in [6, 6.07) is 9.77. The zero-order valence-electron chi connectivity index (χ0n) is 15.1. The molecule has 0 atom stereocenters. The van der Waals surface area contributed by atoms with Crippen molar-refractivity contribution in [3.63, 3.8) is 0 Å². The number of para-hydroxylation sites is 1. The standard InChI is InChI=1S/C21H22N4O2/c26-20-15(10-14-3-1-2-4-17(14)23-20)11-25-8-7-16-18(12-25)22-19(24-21(16)27)9-13-5-6-13/h1-4,10,13H,5-9,11-12H2,(H,23,26)(H,22,24,27). The maximum Gasteiger partial charge on any atom is 0.254 e. The van der Waals surface area contributed by atoms with Gasteiger partial charge < -0.3 is 9.97 Å². The summed E-state index contributed by atoms with van der Waals surface area (Å²) in [5, 5.41) is 1.03. The van der Waals surface area contributed by atoms with Crippen LogP contribution in [-0.2, 0) is 25.9 Å². The van der Waals surface area contributed by atoms with Crippen LogP contribution in [0.2, 0.25) is 0 Å². The van der Waals surface area contributed by atoms with Crippen LogP contribution in [0.1, 0.15) is 35.5 Å². The predicted molar refractivity (Wildman–Crippen MR) is 104 cm³/mol. The van der Waals surface area contributed by atoms with Crippen molar-refractivity contribution in [3.05, 3.63) is 73.7 Å². The van der Waals surface area contributed by atoms with Crippen molar-refractivity contribution in [3.8, 4) is 0 Å². The molecule has 1 aliphatic heterocycles. The molecule has 2 N–H and O–H groups in total. The van der Waals surface area contributed by atoms with E-state index >= 15 is 0 Å². The fourth-order valence-electron chi connectivity index (χ4n) is 3.92. The van der Waals surface area contributed by atoms with E-state index in [4.69, 9.17) is 4.98 Å². The van der Waals surface area contributed by atoms with Gasteiger partial charge in [-0.3, -0.25) is 14.5 Å². The van der Waals surface area contributed by atoms with E-state index in [1.54, 1.807) is 0 Å². The van der Waals surface area contributed by atoms with Gasteiger partial charge in [0, 0.05) is 42.7 Å². The number of aromatic amines is 2. The molecule has 2 aliphatic rings. The average Bonchev–Trinajstić information content (AvgIpc) is 3.46. The van der Waals surface area contributed by atoms with Crippen LogP contribution < -0.4 is 11.1 Å². The molecule has 27 heavy (non-hydrogen) atoms. The molecule has 3 heterocycles. The molecule has 0 saturated heterocycles. The van der Waals surface area contributed by atoms with Gasteiger partial charge in [-0.15, -0.1) is 0 Å². The summed E-state index contributed by atoms with van der Waals surface area (Å²) in [6.07, 6.45) is 4.01. The lowest BCUT2D eigenvalue weighted by atomic mass is 10.0. The number of benzene rings is 1. The lowest BCUT2D eigenvalue weighted by Crippen LogP contribution is -2.36. The lowest BCUT2D eigenvalue weighted by Gasteiger charge is -2.27. The van der Waals surface area contributed by atoms with Gasteiger partial charge in [0.25, 0.3) is 11.1 Å². The van der Waals surface area contributed by atoms with E-state index in [1.807, 2.05) is 30.3 Å². The van der Waals surface area contributed by atoms with Crippen LogP contribution in [0.4, 0.5) is 0 Å². The van der Waals surface area contributed by atoms with Crippen LogP contribution >= 0.6 is 0 Å². The SMILES string of the molecule is O=c1[nH]c2ccccc2cc1CN1CCc2c(nc(CC3CC3)[nH]c2=O)C1. The summed E-state index contributed by atoms with van der Waals surface area (Å²) in [4.78, 5) is 37.7. The molecule has 5 rings (SSSR count). The molecule has 0 radical (unpaired) electrons. The Labute approximate surface area is 156 Å². The van der Waals surface area contributed by atoms with Gasteiger partial charge in [0.2, 0.25) is 0 Å². The van der Waals surface area contributed by atoms with E-state index in [2.05, 4.69) is 14.9 Å². The number of nitrogens with zero attached hydrogens (tertiary/aromatic N) is 2. The second kappa shape index (κ2) is 6.46. The van der Waals surface area contributed by atoms with Gasteiger partial charge in [0.1, 0.15) is 5.82 Å². The molecule has 6 nitrogen and oxygen atoms in total. The van der Waals surface area contributed by atoms with E-state index in [9.17, 15) is 9.59 Å². The number of fused-ring (bicyclic) bond motifs is 2. The molecular weight excluding hydrogens is 340 g/mol. The van der Waals surface area contributed by atoms with Crippen LogP contribution in [0.3, 0.4) is 0 Å². The summed E-state index contributed by atoms with van der Waals surface area (Å²) in [5.41, 5.74) is 3.25. The fraction of sp³-hybridized carbons (Fsp3) is 0.381. The topological polar surface area (TPSA) is 81.8 Å². The maximum absolute atomic E-state index is 12.4. The Kier molecular flexibility index (Phi) is 3.93. The number of pyridine rings is 1. The van der Waals surface area contributed by atoms with E-state index in [-0.39, 0.29) is 11.1 Å². The van der Waals surface area contributed by atoms with Gasteiger partial charge in [-0.1, -0.05) is 18.2 Å². The third kappa shape index (κ3) is 3.32. The van der Waals surface area contributed by atoms with Gasteiger partial charge in [-0.2, -0.15) is 0 Å². The summed E-state index contributed by atoms with van der Waals surface area (Å²) in [5.74, 6) is 1.49. The van der Waals surface area contributed by atoms with Crippen LogP contribution in [-0.4, -0.2) is 26.4 Å². The minimum Gasteiger partial charge on any atom is -0.322 e. The van der Waals surface area contributed by atoms with Gasteiger partial charge in [0.15, 0.2) is 0 Å². The minimum atomic E-state index is -0.0483. The minimum absolute atomic E-state index is 0.0128. The van der Waals surface area contributed by atoms with Gasteiger partial charge in [-0.25, -0.2) is 4.98 Å². The number of hydrogen-bond acceptors (Lipinski definition) is 4. The largest absolute Gasteiger partial charge is 0.322 e. The van der Waals surface area contributed by atoms with Crippen molar-refractivity contribution in [1.82, 2.24) is 19.9 Å². The number of hydrogen-bond donors (Lipinski definition) is 2. The molecule has 1 aromatic carbocycles. The molecule has 0 bridgehead atoms. The highest BCUT2D eigenvalue weighted by atomic mass is 16.1. The van der Waals surface area contributed by atoms with Crippen molar-refractivity contribution in [1.29, 1.82) is 0 Å². The monoisotopic (exact) mass is 362 g/mol. The van der Waals surface area contributed by atoms with Crippen molar-refractivity contribution in [2.45, 2.75) is 38.8 Å². The highest BCUT2D eigenvalue weighted by molar-refractivity contribution is 5.78. The molecule has 3 aromatic rings. The summed E-state index contributed by atoms with van der Waals surface area (Å²) in [7, 11) is 0. The van der Waals surface area contributed by atoms with Gasteiger partial charge in [0.05, 0.1) is 5.69 Å². The lowest BCUT2D eigenvalue weighted by molar-refractivity contribution is 0.239. The molecule has 0 unspecified atom stereocenters. The summed E-state index contributed by atoms with van der Waals surface area (Å²) >= 11 is 0. The van der Waals surface area contributed by atoms with Crippen molar-refractivity contribution in [2.24, 2.45) is 5.92 Å². The molecule has 0 amide bonds. The first-order valence-electron chi connectivity index (χ1n) is 9.60. The Bertz CT molecular complexity index is 1130. The predicted octanol–water partition coefficient (Wildman–Crippen LogP) is 2.12. The van der Waals surface area contributed by atoms with Crippen molar-refractivity contribution in [2.75, 3.05) is 6.54 Å². The van der Waals surface area contributed by atoms with E-state index in [0.29, 0.717) is 25.4 Å².